The van der Waals surface area contributed by atoms with Crippen molar-refractivity contribution in [3.8, 4) is 0 Å². The lowest BCUT2D eigenvalue weighted by molar-refractivity contribution is 0.0469. The number of hydrogen-bond acceptors (Lipinski definition) is 5. The average Bonchev–Trinajstić information content (AvgIpc) is 2.53. The normalized spacial score (nSPS) is 17.9. The van der Waals surface area contributed by atoms with Gasteiger partial charge >= 0.3 is 0 Å². The van der Waals surface area contributed by atoms with Gasteiger partial charge in [0.2, 0.25) is 0 Å². The summed E-state index contributed by atoms with van der Waals surface area (Å²) in [5, 5.41) is 13.0. The van der Waals surface area contributed by atoms with Crippen LogP contribution < -0.4 is 10.2 Å². The highest BCUT2D eigenvalue weighted by molar-refractivity contribution is 5.98. The molecule has 1 aromatic heterocycles. The van der Waals surface area contributed by atoms with E-state index < -0.39 is 5.60 Å². The number of morpholine rings is 1. The molecule has 6 nitrogen and oxygen atoms in total. The van der Waals surface area contributed by atoms with Crippen LogP contribution >= 0.6 is 0 Å². The first kappa shape index (κ1) is 16.7. The van der Waals surface area contributed by atoms with E-state index in [1.807, 2.05) is 6.92 Å². The highest BCUT2D eigenvalue weighted by Crippen LogP contribution is 2.19. The molecule has 1 aromatic rings. The molecule has 0 unspecified atom stereocenters. The zero-order chi connectivity index (χ0) is 16.0. The van der Waals surface area contributed by atoms with Crippen LogP contribution in [0, 0.1) is 0 Å². The third-order valence-electron chi connectivity index (χ3n) is 3.76. The van der Waals surface area contributed by atoms with Crippen molar-refractivity contribution >= 4 is 11.7 Å². The maximum Gasteiger partial charge on any atom is 0.255 e. The second-order valence-electron chi connectivity index (χ2n) is 5.90. The zero-order valence-electron chi connectivity index (χ0n) is 13.3. The van der Waals surface area contributed by atoms with Crippen LogP contribution in [0.3, 0.4) is 0 Å². The number of carbonyl (C=O) groups excluding carboxylic acids is 1. The molecule has 2 heterocycles. The Morgan fingerprint density at radius 1 is 1.50 bits per heavy atom. The van der Waals surface area contributed by atoms with E-state index in [-0.39, 0.29) is 12.5 Å². The molecule has 2 N–H and O–H groups in total. The molecule has 122 valence electrons. The fourth-order valence-electron chi connectivity index (χ4n) is 2.59. The molecule has 0 saturated carbocycles. The fraction of sp³-hybridized carbons (Fsp3) is 0.625. The van der Waals surface area contributed by atoms with E-state index in [4.69, 9.17) is 4.74 Å². The summed E-state index contributed by atoms with van der Waals surface area (Å²) in [4.78, 5) is 18.8. The minimum atomic E-state index is -0.883. The summed E-state index contributed by atoms with van der Waals surface area (Å²) in [5.41, 5.74) is -0.345. The highest BCUT2D eigenvalue weighted by atomic mass is 16.5. The smallest absolute Gasteiger partial charge is 0.255 e. The lowest BCUT2D eigenvalue weighted by Crippen LogP contribution is -2.42. The van der Waals surface area contributed by atoms with Crippen LogP contribution in [-0.4, -0.2) is 54.4 Å². The molecule has 0 aliphatic carbocycles. The van der Waals surface area contributed by atoms with Crippen LogP contribution in [0.1, 0.15) is 37.0 Å². The highest BCUT2D eigenvalue weighted by Gasteiger charge is 2.23. The molecule has 0 spiro atoms. The van der Waals surface area contributed by atoms with Crippen molar-refractivity contribution in [1.82, 2.24) is 10.3 Å². The summed E-state index contributed by atoms with van der Waals surface area (Å²) in [7, 11) is 0. The Labute approximate surface area is 131 Å². The summed E-state index contributed by atoms with van der Waals surface area (Å²) in [6, 6.07) is 3.52. The second kappa shape index (κ2) is 7.56. The third-order valence-corrected chi connectivity index (χ3v) is 3.76. The lowest BCUT2D eigenvalue weighted by Gasteiger charge is -2.29. The first-order valence-corrected chi connectivity index (χ1v) is 7.82. The predicted octanol–water partition coefficient (Wildman–Crippen LogP) is 1.20. The summed E-state index contributed by atoms with van der Waals surface area (Å²) in [6.07, 6.45) is 3.21. The molecule has 1 atom stereocenters. The molecule has 1 aliphatic rings. The second-order valence-corrected chi connectivity index (χ2v) is 5.90. The number of nitrogens with one attached hydrogen (secondary N) is 1. The van der Waals surface area contributed by atoms with E-state index in [0.717, 1.165) is 19.5 Å². The van der Waals surface area contributed by atoms with Crippen molar-refractivity contribution in [2.75, 3.05) is 37.7 Å². The van der Waals surface area contributed by atoms with Gasteiger partial charge in [-0.25, -0.2) is 4.98 Å². The molecule has 1 fully saturated rings. The average molecular weight is 307 g/mol. The SMILES string of the molecule is CCC[C@](C)(O)CNC(=O)c1cccnc1N1CCOCC1. The molecular weight excluding hydrogens is 282 g/mol. The number of nitrogens with zero attached hydrogens (tertiary/aromatic N) is 2. The van der Waals surface area contributed by atoms with Crippen LogP contribution in [0.4, 0.5) is 5.82 Å². The molecule has 0 bridgehead atoms. The van der Waals surface area contributed by atoms with Gasteiger partial charge in [0, 0.05) is 25.8 Å². The maximum atomic E-state index is 12.4. The molecule has 1 saturated heterocycles. The van der Waals surface area contributed by atoms with Gasteiger partial charge in [0.15, 0.2) is 0 Å². The van der Waals surface area contributed by atoms with Gasteiger partial charge in [-0.2, -0.15) is 0 Å². The molecule has 1 aliphatic heterocycles. The van der Waals surface area contributed by atoms with Crippen molar-refractivity contribution in [2.45, 2.75) is 32.3 Å². The number of aliphatic hydroxyl groups is 1. The minimum absolute atomic E-state index is 0.203. The quantitative estimate of drug-likeness (QED) is 0.826. The van der Waals surface area contributed by atoms with E-state index in [1.54, 1.807) is 25.3 Å². The van der Waals surface area contributed by atoms with Gasteiger partial charge in [-0.1, -0.05) is 13.3 Å². The Hall–Kier alpha value is -1.66. The lowest BCUT2D eigenvalue weighted by atomic mass is 10.0. The maximum absolute atomic E-state index is 12.4. The van der Waals surface area contributed by atoms with Crippen molar-refractivity contribution in [3.05, 3.63) is 23.9 Å². The van der Waals surface area contributed by atoms with E-state index in [9.17, 15) is 9.90 Å². The Bertz CT molecular complexity index is 499. The monoisotopic (exact) mass is 307 g/mol. The van der Waals surface area contributed by atoms with Crippen LogP contribution in [0.15, 0.2) is 18.3 Å². The van der Waals surface area contributed by atoms with Crippen molar-refractivity contribution in [1.29, 1.82) is 0 Å². The molecule has 1 amide bonds. The molecule has 22 heavy (non-hydrogen) atoms. The standard InChI is InChI=1S/C16H25N3O3/c1-3-6-16(2,21)12-18-15(20)13-5-4-7-17-14(13)19-8-10-22-11-9-19/h4-5,7,21H,3,6,8-12H2,1-2H3,(H,18,20)/t16-/m0/s1. The van der Waals surface area contributed by atoms with Crippen LogP contribution in [0.5, 0.6) is 0 Å². The Balaban J connectivity index is 2.06. The van der Waals surface area contributed by atoms with Crippen LogP contribution in [-0.2, 0) is 4.74 Å². The van der Waals surface area contributed by atoms with Crippen molar-refractivity contribution in [2.24, 2.45) is 0 Å². The number of amides is 1. The topological polar surface area (TPSA) is 74.7 Å². The zero-order valence-corrected chi connectivity index (χ0v) is 13.3. The van der Waals surface area contributed by atoms with Crippen LogP contribution in [0.2, 0.25) is 0 Å². The molecule has 0 radical (unpaired) electrons. The predicted molar refractivity (Wildman–Crippen MR) is 85.1 cm³/mol. The van der Waals surface area contributed by atoms with Crippen molar-refractivity contribution < 1.29 is 14.6 Å². The number of pyridine rings is 1. The number of anilines is 1. The van der Waals surface area contributed by atoms with E-state index >= 15 is 0 Å². The third kappa shape index (κ3) is 4.42. The first-order valence-electron chi connectivity index (χ1n) is 7.82. The Morgan fingerprint density at radius 2 is 2.23 bits per heavy atom. The van der Waals surface area contributed by atoms with Gasteiger partial charge in [0.1, 0.15) is 5.82 Å². The molecule has 2 rings (SSSR count). The van der Waals surface area contributed by atoms with Gasteiger partial charge in [-0.05, 0) is 25.5 Å². The molecule has 6 heteroatoms. The van der Waals surface area contributed by atoms with E-state index in [2.05, 4.69) is 15.2 Å². The van der Waals surface area contributed by atoms with E-state index in [1.165, 1.54) is 0 Å². The van der Waals surface area contributed by atoms with Gasteiger partial charge in [-0.15, -0.1) is 0 Å². The number of carbonyl (C=O) groups is 1. The molecule has 0 aromatic carbocycles. The number of ether oxygens (including phenoxy) is 1. The number of aromatic nitrogens is 1. The Kier molecular flexibility index (Phi) is 5.74. The Morgan fingerprint density at radius 3 is 2.91 bits per heavy atom. The largest absolute Gasteiger partial charge is 0.388 e. The minimum Gasteiger partial charge on any atom is -0.388 e. The number of hydrogen-bond donors (Lipinski definition) is 2. The summed E-state index contributed by atoms with van der Waals surface area (Å²) in [6.45, 7) is 6.72. The first-order chi connectivity index (χ1) is 10.5. The van der Waals surface area contributed by atoms with Gasteiger partial charge in [-0.3, -0.25) is 4.79 Å². The summed E-state index contributed by atoms with van der Waals surface area (Å²) in [5.74, 6) is 0.476. The summed E-state index contributed by atoms with van der Waals surface area (Å²) < 4.78 is 5.34. The van der Waals surface area contributed by atoms with Gasteiger partial charge < -0.3 is 20.1 Å². The van der Waals surface area contributed by atoms with Gasteiger partial charge in [0.25, 0.3) is 5.91 Å². The summed E-state index contributed by atoms with van der Waals surface area (Å²) >= 11 is 0. The van der Waals surface area contributed by atoms with Gasteiger partial charge in [0.05, 0.1) is 24.4 Å². The fourth-order valence-corrected chi connectivity index (χ4v) is 2.59. The van der Waals surface area contributed by atoms with Crippen molar-refractivity contribution in [3.63, 3.8) is 0 Å². The van der Waals surface area contributed by atoms with Crippen LogP contribution in [0.25, 0.3) is 0 Å². The number of rotatable bonds is 6. The van der Waals surface area contributed by atoms with E-state index in [0.29, 0.717) is 31.0 Å². The molecular formula is C16H25N3O3.